The van der Waals surface area contributed by atoms with E-state index >= 15 is 0 Å². The molecule has 5 rings (SSSR count). The van der Waals surface area contributed by atoms with E-state index in [1.807, 2.05) is 0 Å². The number of anilines is 3. The number of halogens is 4. The van der Waals surface area contributed by atoms with Crippen LogP contribution in [-0.4, -0.2) is 41.4 Å². The molecule has 0 unspecified atom stereocenters. The number of carbonyl (C=O) groups excluding carboxylic acids is 3. The summed E-state index contributed by atoms with van der Waals surface area (Å²) in [6.45, 7) is -0.197. The zero-order valence-electron chi connectivity index (χ0n) is 20.2. The monoisotopic (exact) mass is 544 g/mol. The van der Waals surface area contributed by atoms with Gasteiger partial charge >= 0.3 is 6.18 Å². The summed E-state index contributed by atoms with van der Waals surface area (Å²) in [6, 6.07) is 12.4. The van der Waals surface area contributed by atoms with Crippen LogP contribution in [0.2, 0.25) is 5.02 Å². The molecule has 2 aromatic carbocycles. The zero-order chi connectivity index (χ0) is 27.2. The first-order chi connectivity index (χ1) is 18.1. The van der Waals surface area contributed by atoms with E-state index in [9.17, 15) is 32.8 Å². The van der Waals surface area contributed by atoms with Crippen LogP contribution in [0, 0.1) is 29.1 Å². The summed E-state index contributed by atoms with van der Waals surface area (Å²) in [7, 11) is 0. The number of nitrogens with one attached hydrogen (secondary N) is 1. The Morgan fingerprint density at radius 3 is 2.37 bits per heavy atom. The van der Waals surface area contributed by atoms with Crippen molar-refractivity contribution in [3.63, 3.8) is 0 Å². The van der Waals surface area contributed by atoms with Gasteiger partial charge in [0.05, 0.1) is 46.0 Å². The molecule has 2 fully saturated rings. The number of alkyl halides is 3. The van der Waals surface area contributed by atoms with E-state index in [0.29, 0.717) is 23.4 Å². The van der Waals surface area contributed by atoms with Gasteiger partial charge in [-0.05, 0) is 43.0 Å². The molecule has 0 spiro atoms. The number of rotatable bonds is 6. The van der Waals surface area contributed by atoms with Crippen molar-refractivity contribution in [2.24, 2.45) is 17.8 Å². The maximum absolute atomic E-state index is 13.6. The molecule has 0 radical (unpaired) electrons. The van der Waals surface area contributed by atoms with Crippen molar-refractivity contribution in [1.29, 1.82) is 5.26 Å². The number of nitriles is 1. The molecule has 1 saturated carbocycles. The van der Waals surface area contributed by atoms with E-state index in [1.165, 1.54) is 0 Å². The van der Waals surface area contributed by atoms with Gasteiger partial charge < -0.3 is 10.2 Å². The Bertz CT molecular complexity index is 1340. The van der Waals surface area contributed by atoms with Crippen LogP contribution in [0.15, 0.2) is 42.5 Å². The molecular formula is C27H24ClF3N4O3. The molecule has 2 heterocycles. The van der Waals surface area contributed by atoms with Gasteiger partial charge in [-0.1, -0.05) is 42.6 Å². The molecule has 3 aliphatic rings. The first-order valence-corrected chi connectivity index (χ1v) is 12.8. The third-order valence-electron chi connectivity index (χ3n) is 7.43. The quantitative estimate of drug-likeness (QED) is 0.491. The lowest BCUT2D eigenvalue weighted by Gasteiger charge is -2.30. The lowest BCUT2D eigenvalue weighted by Crippen LogP contribution is -2.51. The standard InChI is InChI=1S/C27H24ClF3N4O3/c28-19-5-3-7-21-23(19)33-24(36)22(14-34(21)20-6-2-1-4-16(20)13-32)35-25(37)17(10-11-27(29,30)31)18(26(35)38)12-15-8-9-15/h1-7,15,17-18,22H,8-12,14H2,(H,33,36)/t17-,18+,22+/m1/s1. The summed E-state index contributed by atoms with van der Waals surface area (Å²) in [4.78, 5) is 43.2. The average molecular weight is 545 g/mol. The lowest BCUT2D eigenvalue weighted by atomic mass is 9.86. The van der Waals surface area contributed by atoms with Crippen molar-refractivity contribution < 1.29 is 27.6 Å². The highest BCUT2D eigenvalue weighted by Gasteiger charge is 2.54. The molecule has 0 bridgehead atoms. The third-order valence-corrected chi connectivity index (χ3v) is 7.75. The summed E-state index contributed by atoms with van der Waals surface area (Å²) in [6.07, 6.45) is -4.13. The minimum atomic E-state index is -4.48. The second kappa shape index (κ2) is 9.95. The number of hydrogen-bond acceptors (Lipinski definition) is 5. The van der Waals surface area contributed by atoms with Gasteiger partial charge in [-0.15, -0.1) is 0 Å². The smallest absolute Gasteiger partial charge is 0.336 e. The van der Waals surface area contributed by atoms with Gasteiger partial charge in [0.25, 0.3) is 0 Å². The van der Waals surface area contributed by atoms with E-state index in [1.54, 1.807) is 47.4 Å². The number of nitrogens with zero attached hydrogens (tertiary/aromatic N) is 3. The fraction of sp³-hybridized carbons (Fsp3) is 0.407. The van der Waals surface area contributed by atoms with Crippen molar-refractivity contribution in [1.82, 2.24) is 4.90 Å². The predicted molar refractivity (Wildman–Crippen MR) is 133 cm³/mol. The van der Waals surface area contributed by atoms with Gasteiger partial charge in [-0.2, -0.15) is 18.4 Å². The SMILES string of the molecule is N#Cc1ccccc1N1C[C@H](N2C(=O)[C@@H](CC3CC3)[C@@H](CCC(F)(F)F)C2=O)C(=O)Nc2c(Cl)cccc21. The molecule has 1 N–H and O–H groups in total. The fourth-order valence-corrected chi connectivity index (χ4v) is 5.61. The third kappa shape index (κ3) is 4.95. The van der Waals surface area contributed by atoms with Gasteiger partial charge in [-0.25, -0.2) is 0 Å². The Kier molecular flexibility index (Phi) is 6.82. The molecule has 38 heavy (non-hydrogen) atoms. The van der Waals surface area contributed by atoms with Crippen molar-refractivity contribution in [2.45, 2.75) is 44.3 Å². The Hall–Kier alpha value is -3.58. The second-order valence-corrected chi connectivity index (χ2v) is 10.4. The van der Waals surface area contributed by atoms with Gasteiger partial charge in [0.1, 0.15) is 12.1 Å². The molecule has 3 atom stereocenters. The highest BCUT2D eigenvalue weighted by molar-refractivity contribution is 6.34. The van der Waals surface area contributed by atoms with Crippen LogP contribution in [0.25, 0.3) is 0 Å². The number of benzene rings is 2. The van der Waals surface area contributed by atoms with E-state index in [-0.39, 0.29) is 23.2 Å². The molecule has 198 valence electrons. The summed E-state index contributed by atoms with van der Waals surface area (Å²) in [5.74, 6) is -3.93. The van der Waals surface area contributed by atoms with Gasteiger partial charge in [0.2, 0.25) is 17.7 Å². The zero-order valence-corrected chi connectivity index (χ0v) is 20.9. The fourth-order valence-electron chi connectivity index (χ4n) is 5.39. The number of imide groups is 1. The molecule has 1 saturated heterocycles. The number of para-hydroxylation sites is 2. The Morgan fingerprint density at radius 1 is 1.00 bits per heavy atom. The number of likely N-dealkylation sites (tertiary alicyclic amines) is 1. The summed E-state index contributed by atoms with van der Waals surface area (Å²) >= 11 is 6.41. The second-order valence-electron chi connectivity index (χ2n) is 9.97. The Labute approximate surface area is 222 Å². The summed E-state index contributed by atoms with van der Waals surface area (Å²) < 4.78 is 39.2. The topological polar surface area (TPSA) is 93.5 Å². The molecule has 0 aromatic heterocycles. The van der Waals surface area contributed by atoms with Crippen LogP contribution in [-0.2, 0) is 14.4 Å². The molecule has 7 nitrogen and oxygen atoms in total. The van der Waals surface area contributed by atoms with Crippen molar-refractivity contribution >= 4 is 46.4 Å². The van der Waals surface area contributed by atoms with Gasteiger partial charge in [0.15, 0.2) is 0 Å². The maximum Gasteiger partial charge on any atom is 0.389 e. The summed E-state index contributed by atoms with van der Waals surface area (Å²) in [5.41, 5.74) is 1.43. The van der Waals surface area contributed by atoms with Gasteiger partial charge in [-0.3, -0.25) is 19.3 Å². The van der Waals surface area contributed by atoms with E-state index in [4.69, 9.17) is 11.6 Å². The van der Waals surface area contributed by atoms with E-state index in [0.717, 1.165) is 17.7 Å². The number of amides is 3. The van der Waals surface area contributed by atoms with E-state index in [2.05, 4.69) is 11.4 Å². The van der Waals surface area contributed by atoms with Crippen LogP contribution in [0.3, 0.4) is 0 Å². The molecule has 3 amide bonds. The maximum atomic E-state index is 13.6. The highest BCUT2D eigenvalue weighted by atomic mass is 35.5. The number of hydrogen-bond donors (Lipinski definition) is 1. The minimum absolute atomic E-state index is 0.190. The average Bonchev–Trinajstić information content (AvgIpc) is 3.68. The molecule has 11 heteroatoms. The molecule has 2 aliphatic heterocycles. The molecule has 1 aliphatic carbocycles. The minimum Gasteiger partial charge on any atom is -0.336 e. The van der Waals surface area contributed by atoms with Crippen LogP contribution in [0.1, 0.15) is 37.7 Å². The Balaban J connectivity index is 1.55. The Morgan fingerprint density at radius 2 is 1.68 bits per heavy atom. The van der Waals surface area contributed by atoms with Crippen molar-refractivity contribution in [2.75, 3.05) is 16.8 Å². The summed E-state index contributed by atoms with van der Waals surface area (Å²) in [5, 5.41) is 12.6. The lowest BCUT2D eigenvalue weighted by molar-refractivity contribution is -0.147. The molecular weight excluding hydrogens is 521 g/mol. The first-order valence-electron chi connectivity index (χ1n) is 12.4. The largest absolute Gasteiger partial charge is 0.389 e. The number of carbonyl (C=O) groups is 3. The van der Waals surface area contributed by atoms with Crippen LogP contribution < -0.4 is 10.2 Å². The van der Waals surface area contributed by atoms with Crippen molar-refractivity contribution in [3.05, 3.63) is 53.1 Å². The van der Waals surface area contributed by atoms with Crippen LogP contribution >= 0.6 is 11.6 Å². The molecule has 2 aromatic rings. The normalized spacial score (nSPS) is 23.7. The van der Waals surface area contributed by atoms with Gasteiger partial charge in [0, 0.05) is 6.42 Å². The number of fused-ring (bicyclic) bond motifs is 1. The predicted octanol–water partition coefficient (Wildman–Crippen LogP) is 5.41. The first kappa shape index (κ1) is 26.0. The van der Waals surface area contributed by atoms with Crippen LogP contribution in [0.4, 0.5) is 30.2 Å². The van der Waals surface area contributed by atoms with Crippen LogP contribution in [0.5, 0.6) is 0 Å². The highest BCUT2D eigenvalue weighted by Crippen LogP contribution is 2.45. The van der Waals surface area contributed by atoms with Crippen molar-refractivity contribution in [3.8, 4) is 6.07 Å². The van der Waals surface area contributed by atoms with E-state index < -0.39 is 54.6 Å².